The number of allylic oxidation sites excluding steroid dienone is 3. The molecular formula is C13H21N. The summed E-state index contributed by atoms with van der Waals surface area (Å²) in [6.45, 7) is 7.25. The van der Waals surface area contributed by atoms with Gasteiger partial charge in [-0.05, 0) is 37.2 Å². The molecule has 0 saturated carbocycles. The van der Waals surface area contributed by atoms with E-state index >= 15 is 0 Å². The number of hydrogen-bond donors (Lipinski definition) is 0. The first-order valence-corrected chi connectivity index (χ1v) is 5.79. The molecule has 1 nitrogen and oxygen atoms in total. The molecule has 1 saturated heterocycles. The van der Waals surface area contributed by atoms with Gasteiger partial charge in [-0.1, -0.05) is 26.0 Å². The van der Waals surface area contributed by atoms with Crippen LogP contribution in [0.15, 0.2) is 23.9 Å². The Morgan fingerprint density at radius 2 is 1.86 bits per heavy atom. The van der Waals surface area contributed by atoms with Crippen molar-refractivity contribution in [3.63, 3.8) is 0 Å². The van der Waals surface area contributed by atoms with E-state index < -0.39 is 0 Å². The van der Waals surface area contributed by atoms with Gasteiger partial charge in [-0.15, -0.1) is 0 Å². The van der Waals surface area contributed by atoms with Gasteiger partial charge >= 0.3 is 0 Å². The lowest BCUT2D eigenvalue weighted by atomic mass is 9.82. The normalized spacial score (nSPS) is 26.1. The summed E-state index contributed by atoms with van der Waals surface area (Å²) < 4.78 is 0. The van der Waals surface area contributed by atoms with Crippen LogP contribution in [0.5, 0.6) is 0 Å². The summed E-state index contributed by atoms with van der Waals surface area (Å²) in [4.78, 5) is 2.54. The van der Waals surface area contributed by atoms with Crippen LogP contribution in [0.3, 0.4) is 0 Å². The molecule has 0 atom stereocenters. The fourth-order valence-electron chi connectivity index (χ4n) is 2.20. The van der Waals surface area contributed by atoms with Gasteiger partial charge in [-0.2, -0.15) is 0 Å². The van der Waals surface area contributed by atoms with Gasteiger partial charge in [-0.3, -0.25) is 0 Å². The van der Waals surface area contributed by atoms with Gasteiger partial charge in [0.25, 0.3) is 0 Å². The molecule has 1 aliphatic heterocycles. The van der Waals surface area contributed by atoms with Gasteiger partial charge < -0.3 is 4.90 Å². The number of rotatable bonds is 1. The lowest BCUT2D eigenvalue weighted by Gasteiger charge is -2.39. The van der Waals surface area contributed by atoms with Gasteiger partial charge in [-0.25, -0.2) is 0 Å². The minimum Gasteiger partial charge on any atom is -0.372 e. The van der Waals surface area contributed by atoms with E-state index in [1.807, 2.05) is 0 Å². The third-order valence-corrected chi connectivity index (χ3v) is 3.46. The Hall–Kier alpha value is -0.720. The van der Waals surface area contributed by atoms with Crippen LogP contribution in [-0.4, -0.2) is 18.0 Å². The average molecular weight is 191 g/mol. The van der Waals surface area contributed by atoms with E-state index in [4.69, 9.17) is 0 Å². The topological polar surface area (TPSA) is 3.24 Å². The van der Waals surface area contributed by atoms with Crippen LogP contribution < -0.4 is 0 Å². The van der Waals surface area contributed by atoms with Crippen LogP contribution in [-0.2, 0) is 0 Å². The SMILES string of the molecule is CC1(C)CCN(C2=CCCC=C2)CC1. The second-order valence-corrected chi connectivity index (χ2v) is 5.26. The van der Waals surface area contributed by atoms with Crippen LogP contribution in [0.1, 0.15) is 39.5 Å². The third kappa shape index (κ3) is 2.20. The summed E-state index contributed by atoms with van der Waals surface area (Å²) in [7, 11) is 0. The van der Waals surface area contributed by atoms with Crippen molar-refractivity contribution in [2.24, 2.45) is 5.41 Å². The number of piperidine rings is 1. The second kappa shape index (κ2) is 3.80. The minimum atomic E-state index is 0.565. The largest absolute Gasteiger partial charge is 0.372 e. The van der Waals surface area contributed by atoms with Crippen LogP contribution in [0.25, 0.3) is 0 Å². The Morgan fingerprint density at radius 3 is 2.43 bits per heavy atom. The predicted octanol–water partition coefficient (Wildman–Crippen LogP) is 3.34. The molecule has 14 heavy (non-hydrogen) atoms. The fraction of sp³-hybridized carbons (Fsp3) is 0.692. The average Bonchev–Trinajstić information content (AvgIpc) is 2.19. The maximum Gasteiger partial charge on any atom is 0.0322 e. The number of hydrogen-bond acceptors (Lipinski definition) is 1. The van der Waals surface area contributed by atoms with Gasteiger partial charge in [0.1, 0.15) is 0 Å². The van der Waals surface area contributed by atoms with Crippen molar-refractivity contribution < 1.29 is 0 Å². The molecule has 0 N–H and O–H groups in total. The second-order valence-electron chi connectivity index (χ2n) is 5.26. The maximum atomic E-state index is 2.54. The van der Waals surface area contributed by atoms with E-state index in [1.54, 1.807) is 0 Å². The van der Waals surface area contributed by atoms with Crippen LogP contribution in [0.2, 0.25) is 0 Å². The first-order chi connectivity index (χ1) is 6.67. The zero-order valence-electron chi connectivity index (χ0n) is 9.42. The summed E-state index contributed by atoms with van der Waals surface area (Å²) in [5.74, 6) is 0. The monoisotopic (exact) mass is 191 g/mol. The molecule has 78 valence electrons. The molecule has 1 heteroatoms. The van der Waals surface area contributed by atoms with Crippen molar-refractivity contribution in [1.82, 2.24) is 4.90 Å². The molecule has 0 radical (unpaired) electrons. The highest BCUT2D eigenvalue weighted by atomic mass is 15.1. The summed E-state index contributed by atoms with van der Waals surface area (Å²) in [5, 5.41) is 0. The van der Waals surface area contributed by atoms with E-state index in [-0.39, 0.29) is 0 Å². The van der Waals surface area contributed by atoms with Crippen molar-refractivity contribution in [1.29, 1.82) is 0 Å². The van der Waals surface area contributed by atoms with E-state index in [0.29, 0.717) is 5.41 Å². The van der Waals surface area contributed by atoms with Crippen molar-refractivity contribution in [2.75, 3.05) is 13.1 Å². The molecule has 0 unspecified atom stereocenters. The molecule has 0 spiro atoms. The highest BCUT2D eigenvalue weighted by molar-refractivity contribution is 5.21. The lowest BCUT2D eigenvalue weighted by Crippen LogP contribution is -2.36. The fourth-order valence-corrected chi connectivity index (χ4v) is 2.20. The van der Waals surface area contributed by atoms with Gasteiger partial charge in [0.05, 0.1) is 0 Å². The molecule has 1 fully saturated rings. The Labute approximate surface area is 87.5 Å². The van der Waals surface area contributed by atoms with Crippen LogP contribution in [0, 0.1) is 5.41 Å². The van der Waals surface area contributed by atoms with Crippen molar-refractivity contribution in [2.45, 2.75) is 39.5 Å². The number of likely N-dealkylation sites (tertiary alicyclic amines) is 1. The molecule has 1 heterocycles. The third-order valence-electron chi connectivity index (χ3n) is 3.46. The highest BCUT2D eigenvalue weighted by Crippen LogP contribution is 2.31. The standard InChI is InChI=1S/C13H21N/c1-13(2)8-10-14(11-9-13)12-6-4-3-5-7-12/h4,6-7H,3,5,8-11H2,1-2H3. The van der Waals surface area contributed by atoms with Crippen LogP contribution >= 0.6 is 0 Å². The first kappa shape index (κ1) is 9.82. The Balaban J connectivity index is 1.95. The Bertz CT molecular complexity index is 250. The molecule has 0 aromatic heterocycles. The van der Waals surface area contributed by atoms with Crippen molar-refractivity contribution >= 4 is 0 Å². The molecule has 0 aromatic carbocycles. The van der Waals surface area contributed by atoms with Crippen LogP contribution in [0.4, 0.5) is 0 Å². The van der Waals surface area contributed by atoms with Crippen molar-refractivity contribution in [3.05, 3.63) is 23.9 Å². The zero-order valence-corrected chi connectivity index (χ0v) is 9.42. The van der Waals surface area contributed by atoms with E-state index in [0.717, 1.165) is 0 Å². The van der Waals surface area contributed by atoms with Gasteiger partial charge in [0.2, 0.25) is 0 Å². The maximum absolute atomic E-state index is 2.54. The predicted molar refractivity (Wildman–Crippen MR) is 61.0 cm³/mol. The lowest BCUT2D eigenvalue weighted by molar-refractivity contribution is 0.165. The first-order valence-electron chi connectivity index (χ1n) is 5.79. The van der Waals surface area contributed by atoms with Gasteiger partial charge in [0, 0.05) is 18.8 Å². The molecule has 0 amide bonds. The molecule has 0 aromatic rings. The summed E-state index contributed by atoms with van der Waals surface area (Å²) in [5.41, 5.74) is 2.03. The van der Waals surface area contributed by atoms with Crippen molar-refractivity contribution in [3.8, 4) is 0 Å². The van der Waals surface area contributed by atoms with E-state index in [2.05, 4.69) is 37.0 Å². The summed E-state index contributed by atoms with van der Waals surface area (Å²) in [6.07, 6.45) is 12.1. The smallest absolute Gasteiger partial charge is 0.0322 e. The molecule has 1 aliphatic carbocycles. The highest BCUT2D eigenvalue weighted by Gasteiger charge is 2.25. The summed E-state index contributed by atoms with van der Waals surface area (Å²) >= 11 is 0. The Kier molecular flexibility index (Phi) is 2.66. The Morgan fingerprint density at radius 1 is 1.14 bits per heavy atom. The molecular weight excluding hydrogens is 170 g/mol. The molecule has 2 aliphatic rings. The zero-order chi connectivity index (χ0) is 10.0. The molecule has 0 bridgehead atoms. The van der Waals surface area contributed by atoms with E-state index in [9.17, 15) is 0 Å². The minimum absolute atomic E-state index is 0.565. The quantitative estimate of drug-likeness (QED) is 0.614. The van der Waals surface area contributed by atoms with Gasteiger partial charge in [0.15, 0.2) is 0 Å². The summed E-state index contributed by atoms with van der Waals surface area (Å²) in [6, 6.07) is 0. The number of nitrogens with zero attached hydrogens (tertiary/aromatic N) is 1. The van der Waals surface area contributed by atoms with E-state index in [1.165, 1.54) is 44.5 Å². The molecule has 2 rings (SSSR count).